The lowest BCUT2D eigenvalue weighted by Gasteiger charge is -2.19. The van der Waals surface area contributed by atoms with Crippen LogP contribution in [0.2, 0.25) is 0 Å². The smallest absolute Gasteiger partial charge is 0.141 e. The summed E-state index contributed by atoms with van der Waals surface area (Å²) < 4.78 is 0. The summed E-state index contributed by atoms with van der Waals surface area (Å²) in [7, 11) is 0. The Hall–Kier alpha value is -1.15. The van der Waals surface area contributed by atoms with Gasteiger partial charge in [0.05, 0.1) is 0 Å². The van der Waals surface area contributed by atoms with E-state index >= 15 is 0 Å². The Labute approximate surface area is 123 Å². The van der Waals surface area contributed by atoms with Crippen molar-refractivity contribution in [2.24, 2.45) is 17.6 Å². The Morgan fingerprint density at radius 1 is 1.15 bits per heavy atom. The van der Waals surface area contributed by atoms with Gasteiger partial charge in [0.25, 0.3) is 0 Å². The zero-order chi connectivity index (χ0) is 15.3. The molecule has 0 radical (unpaired) electrons. The number of carbonyl (C=O) groups excluding carboxylic acids is 1. The molecular weight excluding hydrogens is 246 g/mol. The van der Waals surface area contributed by atoms with Crippen LogP contribution < -0.4 is 5.73 Å². The van der Waals surface area contributed by atoms with Gasteiger partial charge in [0.2, 0.25) is 0 Å². The molecule has 1 aromatic carbocycles. The minimum atomic E-state index is -0.00251. The molecule has 1 rings (SSSR count). The predicted molar refractivity (Wildman–Crippen MR) is 85.9 cm³/mol. The first-order valence-electron chi connectivity index (χ1n) is 7.56. The molecule has 20 heavy (non-hydrogen) atoms. The molecule has 2 nitrogen and oxygen atoms in total. The molecule has 2 N–H and O–H groups in total. The van der Waals surface area contributed by atoms with E-state index in [0.717, 1.165) is 12.0 Å². The maximum atomic E-state index is 12.3. The van der Waals surface area contributed by atoms with Crippen LogP contribution in [-0.4, -0.2) is 12.3 Å². The Kier molecular flexibility index (Phi) is 5.94. The van der Waals surface area contributed by atoms with Crippen LogP contribution >= 0.6 is 0 Å². The molecule has 2 heteroatoms. The van der Waals surface area contributed by atoms with Crippen molar-refractivity contribution < 1.29 is 4.79 Å². The van der Waals surface area contributed by atoms with Crippen molar-refractivity contribution in [3.05, 3.63) is 35.4 Å². The third kappa shape index (κ3) is 5.09. The first-order valence-corrected chi connectivity index (χ1v) is 7.56. The van der Waals surface area contributed by atoms with Crippen molar-refractivity contribution in [2.75, 3.05) is 6.54 Å². The maximum Gasteiger partial charge on any atom is 0.141 e. The summed E-state index contributed by atoms with van der Waals surface area (Å²) in [5.74, 6) is 0.776. The molecule has 0 heterocycles. The second-order valence-corrected chi connectivity index (χ2v) is 7.15. The minimum Gasteiger partial charge on any atom is -0.330 e. The third-order valence-corrected chi connectivity index (χ3v) is 3.69. The SMILES string of the molecule is CC(C)CC(CN)C(=O)Cc1ccc(C(C)(C)C)cc1. The van der Waals surface area contributed by atoms with E-state index in [1.807, 2.05) is 0 Å². The van der Waals surface area contributed by atoms with Crippen molar-refractivity contribution >= 4 is 5.78 Å². The van der Waals surface area contributed by atoms with Gasteiger partial charge in [-0.05, 0) is 28.9 Å². The molecule has 0 amide bonds. The van der Waals surface area contributed by atoms with E-state index in [-0.39, 0.29) is 17.1 Å². The highest BCUT2D eigenvalue weighted by Crippen LogP contribution is 2.23. The van der Waals surface area contributed by atoms with Gasteiger partial charge in [0.15, 0.2) is 0 Å². The van der Waals surface area contributed by atoms with Gasteiger partial charge in [0, 0.05) is 18.9 Å². The fourth-order valence-electron chi connectivity index (χ4n) is 2.40. The zero-order valence-electron chi connectivity index (χ0n) is 13.6. The highest BCUT2D eigenvalue weighted by molar-refractivity contribution is 5.83. The van der Waals surface area contributed by atoms with Crippen LogP contribution in [0.5, 0.6) is 0 Å². The average Bonchev–Trinajstić information content (AvgIpc) is 2.35. The summed E-state index contributed by atoms with van der Waals surface area (Å²) in [6.45, 7) is 11.3. The summed E-state index contributed by atoms with van der Waals surface area (Å²) in [4.78, 5) is 12.3. The van der Waals surface area contributed by atoms with E-state index in [0.29, 0.717) is 18.9 Å². The first kappa shape index (κ1) is 16.9. The molecule has 0 saturated heterocycles. The lowest BCUT2D eigenvalue weighted by molar-refractivity contribution is -0.122. The summed E-state index contributed by atoms with van der Waals surface area (Å²) in [6.07, 6.45) is 1.38. The lowest BCUT2D eigenvalue weighted by atomic mass is 9.85. The second-order valence-electron chi connectivity index (χ2n) is 7.15. The van der Waals surface area contributed by atoms with E-state index in [1.165, 1.54) is 5.56 Å². The molecule has 0 aromatic heterocycles. The van der Waals surface area contributed by atoms with Crippen LogP contribution in [0, 0.1) is 11.8 Å². The molecule has 0 bridgehead atoms. The van der Waals surface area contributed by atoms with E-state index in [4.69, 9.17) is 5.73 Å². The second kappa shape index (κ2) is 7.03. The van der Waals surface area contributed by atoms with Gasteiger partial charge in [-0.3, -0.25) is 4.79 Å². The van der Waals surface area contributed by atoms with Crippen molar-refractivity contribution in [1.82, 2.24) is 0 Å². The number of hydrogen-bond acceptors (Lipinski definition) is 2. The average molecular weight is 275 g/mol. The van der Waals surface area contributed by atoms with Crippen LogP contribution in [0.15, 0.2) is 24.3 Å². The summed E-state index contributed by atoms with van der Waals surface area (Å²) in [5.41, 5.74) is 8.27. The zero-order valence-corrected chi connectivity index (χ0v) is 13.6. The monoisotopic (exact) mass is 275 g/mol. The number of nitrogens with two attached hydrogens (primary N) is 1. The van der Waals surface area contributed by atoms with Crippen molar-refractivity contribution in [2.45, 2.75) is 52.9 Å². The topological polar surface area (TPSA) is 43.1 Å². The maximum absolute atomic E-state index is 12.3. The van der Waals surface area contributed by atoms with Crippen molar-refractivity contribution in [3.8, 4) is 0 Å². The number of rotatable bonds is 6. The lowest BCUT2D eigenvalue weighted by Crippen LogP contribution is -2.26. The summed E-state index contributed by atoms with van der Waals surface area (Å²) in [6, 6.07) is 8.40. The van der Waals surface area contributed by atoms with Gasteiger partial charge in [-0.2, -0.15) is 0 Å². The molecule has 1 aromatic rings. The molecule has 0 spiro atoms. The molecular formula is C18H29NO. The number of Topliss-reactive ketones (excluding diaryl/α,β-unsaturated/α-hetero) is 1. The van der Waals surface area contributed by atoms with E-state index in [9.17, 15) is 4.79 Å². The first-order chi connectivity index (χ1) is 9.24. The molecule has 0 aliphatic heterocycles. The Morgan fingerprint density at radius 3 is 2.10 bits per heavy atom. The third-order valence-electron chi connectivity index (χ3n) is 3.69. The fraction of sp³-hybridized carbons (Fsp3) is 0.611. The van der Waals surface area contributed by atoms with Crippen LogP contribution in [-0.2, 0) is 16.6 Å². The standard InChI is InChI=1S/C18H29NO/c1-13(2)10-15(12-19)17(20)11-14-6-8-16(9-7-14)18(3,4)5/h6-9,13,15H,10-12,19H2,1-5H3. The Bertz CT molecular complexity index is 426. The molecule has 112 valence electrons. The number of benzene rings is 1. The van der Waals surface area contributed by atoms with Gasteiger partial charge < -0.3 is 5.73 Å². The van der Waals surface area contributed by atoms with Crippen molar-refractivity contribution in [3.63, 3.8) is 0 Å². The van der Waals surface area contributed by atoms with Crippen LogP contribution in [0.25, 0.3) is 0 Å². The Balaban J connectivity index is 2.70. The van der Waals surface area contributed by atoms with E-state index < -0.39 is 0 Å². The summed E-state index contributed by atoms with van der Waals surface area (Å²) in [5, 5.41) is 0. The van der Waals surface area contributed by atoms with Crippen molar-refractivity contribution in [1.29, 1.82) is 0 Å². The summed E-state index contributed by atoms with van der Waals surface area (Å²) >= 11 is 0. The molecule has 1 unspecified atom stereocenters. The molecule has 1 atom stereocenters. The van der Waals surface area contributed by atoms with Gasteiger partial charge in [-0.15, -0.1) is 0 Å². The van der Waals surface area contributed by atoms with Gasteiger partial charge in [0.1, 0.15) is 5.78 Å². The normalized spacial score (nSPS) is 13.6. The largest absolute Gasteiger partial charge is 0.330 e. The highest BCUT2D eigenvalue weighted by Gasteiger charge is 2.19. The van der Waals surface area contributed by atoms with Gasteiger partial charge in [-0.25, -0.2) is 0 Å². The van der Waals surface area contributed by atoms with E-state index in [1.54, 1.807) is 0 Å². The molecule has 0 fully saturated rings. The van der Waals surface area contributed by atoms with Gasteiger partial charge in [-0.1, -0.05) is 58.9 Å². The van der Waals surface area contributed by atoms with Gasteiger partial charge >= 0.3 is 0 Å². The Morgan fingerprint density at radius 2 is 1.70 bits per heavy atom. The predicted octanol–water partition coefficient (Wildman–Crippen LogP) is 3.72. The minimum absolute atomic E-state index is 0.00251. The molecule has 0 saturated carbocycles. The number of hydrogen-bond donors (Lipinski definition) is 1. The van der Waals surface area contributed by atoms with Crippen LogP contribution in [0.3, 0.4) is 0 Å². The highest BCUT2D eigenvalue weighted by atomic mass is 16.1. The quantitative estimate of drug-likeness (QED) is 0.860. The number of ketones is 1. The van der Waals surface area contributed by atoms with Crippen LogP contribution in [0.4, 0.5) is 0 Å². The fourth-order valence-corrected chi connectivity index (χ4v) is 2.40. The molecule has 0 aliphatic rings. The molecule has 0 aliphatic carbocycles. The van der Waals surface area contributed by atoms with Crippen LogP contribution in [0.1, 0.15) is 52.2 Å². The number of carbonyl (C=O) groups is 1. The van der Waals surface area contributed by atoms with E-state index in [2.05, 4.69) is 58.9 Å².